The normalized spacial score (nSPS) is 28.6. The van der Waals surface area contributed by atoms with E-state index in [1.165, 1.54) is 38.5 Å². The van der Waals surface area contributed by atoms with E-state index in [1.54, 1.807) is 4.90 Å². The maximum Gasteiger partial charge on any atom is 0.326 e. The van der Waals surface area contributed by atoms with Crippen LogP contribution in [0.1, 0.15) is 79.2 Å². The summed E-state index contributed by atoms with van der Waals surface area (Å²) in [4.78, 5) is 33.4. The van der Waals surface area contributed by atoms with Gasteiger partial charge in [0.2, 0.25) is 5.91 Å². The average molecular weight is 538 g/mol. The van der Waals surface area contributed by atoms with Crippen LogP contribution in [0.25, 0.3) is 0 Å². The number of aryl methyl sites for hydroxylation is 1. The highest BCUT2D eigenvalue weighted by molar-refractivity contribution is 5.91. The number of carbonyl (C=O) groups excluding carboxylic acids is 1. The molecule has 1 atom stereocenters. The Morgan fingerprint density at radius 1 is 0.925 bits per heavy atom. The van der Waals surface area contributed by atoms with Gasteiger partial charge in [-0.25, -0.2) is 9.78 Å². The predicted octanol–water partition coefficient (Wildman–Crippen LogP) is 5.97. The maximum atomic E-state index is 14.2. The number of rotatable bonds is 7. The van der Waals surface area contributed by atoms with Gasteiger partial charge >= 0.3 is 5.97 Å². The Morgan fingerprint density at radius 3 is 2.00 bits per heavy atom. The van der Waals surface area contributed by atoms with Crippen molar-refractivity contribution in [2.45, 2.75) is 83.3 Å². The van der Waals surface area contributed by atoms with Crippen LogP contribution >= 0.6 is 0 Å². The quantitative estimate of drug-likeness (QED) is 0.403. The lowest BCUT2D eigenvalue weighted by Gasteiger charge is -2.57. The van der Waals surface area contributed by atoms with Crippen LogP contribution < -0.4 is 0 Å². The van der Waals surface area contributed by atoms with Crippen molar-refractivity contribution >= 4 is 11.9 Å². The fourth-order valence-electron chi connectivity index (χ4n) is 9.22. The van der Waals surface area contributed by atoms with Gasteiger partial charge in [-0.1, -0.05) is 60.7 Å². The van der Waals surface area contributed by atoms with E-state index >= 15 is 0 Å². The summed E-state index contributed by atoms with van der Waals surface area (Å²) >= 11 is 0. The highest BCUT2D eigenvalue weighted by Gasteiger charge is 2.50. The van der Waals surface area contributed by atoms with Crippen LogP contribution in [-0.2, 0) is 29.1 Å². The number of amides is 1. The van der Waals surface area contributed by atoms with Crippen LogP contribution in [0.3, 0.4) is 0 Å². The SMILES string of the molecule is Cc1nc2c(n1CCC13CC4CC(CC(C4)C1)C3)CC(C(=O)O)N(C(=O)C(c1ccccc1)c1ccccc1)C2. The molecule has 0 radical (unpaired) electrons. The first-order valence-corrected chi connectivity index (χ1v) is 15.1. The van der Waals surface area contributed by atoms with Gasteiger partial charge in [-0.2, -0.15) is 0 Å². The van der Waals surface area contributed by atoms with Gasteiger partial charge < -0.3 is 14.6 Å². The van der Waals surface area contributed by atoms with Gasteiger partial charge in [0.25, 0.3) is 0 Å². The topological polar surface area (TPSA) is 75.4 Å². The summed E-state index contributed by atoms with van der Waals surface area (Å²) in [5.41, 5.74) is 4.06. The van der Waals surface area contributed by atoms with Crippen LogP contribution in [0.2, 0.25) is 0 Å². The molecule has 1 unspecified atom stereocenters. The molecule has 4 fully saturated rings. The van der Waals surface area contributed by atoms with Crippen molar-refractivity contribution in [2.24, 2.45) is 23.2 Å². The first-order chi connectivity index (χ1) is 19.4. The number of carbonyl (C=O) groups is 2. The lowest BCUT2D eigenvalue weighted by molar-refractivity contribution is -0.151. The summed E-state index contributed by atoms with van der Waals surface area (Å²) in [6, 6.07) is 18.5. The predicted molar refractivity (Wildman–Crippen MR) is 153 cm³/mol. The van der Waals surface area contributed by atoms with Gasteiger partial charge in [-0.15, -0.1) is 0 Å². The fourth-order valence-corrected chi connectivity index (χ4v) is 9.22. The monoisotopic (exact) mass is 537 g/mol. The summed E-state index contributed by atoms with van der Waals surface area (Å²) in [5, 5.41) is 10.4. The third-order valence-electron chi connectivity index (χ3n) is 10.5. The highest BCUT2D eigenvalue weighted by atomic mass is 16.4. The molecular formula is C34H39N3O3. The number of hydrogen-bond donors (Lipinski definition) is 1. The van der Waals surface area contributed by atoms with E-state index in [4.69, 9.17) is 4.98 Å². The lowest BCUT2D eigenvalue weighted by atomic mass is 9.49. The van der Waals surface area contributed by atoms with Crippen molar-refractivity contribution in [3.8, 4) is 0 Å². The third kappa shape index (κ3) is 4.46. The number of benzene rings is 2. The largest absolute Gasteiger partial charge is 0.480 e. The van der Waals surface area contributed by atoms with Crippen molar-refractivity contribution in [2.75, 3.05) is 0 Å². The smallest absolute Gasteiger partial charge is 0.326 e. The van der Waals surface area contributed by atoms with E-state index in [0.29, 0.717) is 11.8 Å². The number of nitrogens with zero attached hydrogens (tertiary/aromatic N) is 3. The molecule has 2 heterocycles. The summed E-state index contributed by atoms with van der Waals surface area (Å²) in [6.07, 6.45) is 9.89. The Kier molecular flexibility index (Phi) is 6.32. The number of carboxylic acid groups (broad SMARTS) is 1. The molecule has 3 aromatic rings. The highest BCUT2D eigenvalue weighted by Crippen LogP contribution is 2.61. The molecule has 4 saturated carbocycles. The minimum Gasteiger partial charge on any atom is -0.480 e. The number of fused-ring (bicyclic) bond motifs is 1. The number of aromatic nitrogens is 2. The Hall–Kier alpha value is -3.41. The Labute approximate surface area is 236 Å². The minimum atomic E-state index is -0.953. The Bertz CT molecular complexity index is 1340. The molecule has 0 spiro atoms. The molecule has 1 N–H and O–H groups in total. The molecule has 1 aromatic heterocycles. The van der Waals surface area contributed by atoms with Gasteiger partial charge in [-0.05, 0) is 86.2 Å². The second-order valence-electron chi connectivity index (χ2n) is 13.2. The van der Waals surface area contributed by atoms with Crippen LogP contribution in [0.5, 0.6) is 0 Å². The van der Waals surface area contributed by atoms with E-state index in [0.717, 1.165) is 59.1 Å². The summed E-state index contributed by atoms with van der Waals surface area (Å²) < 4.78 is 2.29. The number of imidazole rings is 1. The number of carboxylic acids is 1. The molecule has 40 heavy (non-hydrogen) atoms. The molecule has 0 saturated heterocycles. The van der Waals surface area contributed by atoms with Crippen LogP contribution in [-0.4, -0.2) is 37.5 Å². The standard InChI is InChI=1S/C34H39N3O3/c1-22-35-28-21-37(32(38)31(26-8-4-2-5-9-26)27-10-6-3-7-11-27)30(33(39)40)17-29(28)36(22)13-12-34-18-23-14-24(19-34)16-25(15-23)20-34/h2-11,23-25,30-31H,12-21H2,1H3,(H,39,40). The lowest BCUT2D eigenvalue weighted by Crippen LogP contribution is -2.50. The fraction of sp³-hybridized carbons (Fsp3) is 0.500. The molecule has 4 aliphatic carbocycles. The van der Waals surface area contributed by atoms with E-state index in [2.05, 4.69) is 4.57 Å². The molecule has 4 bridgehead atoms. The second-order valence-corrected chi connectivity index (χ2v) is 13.2. The molecule has 2 aromatic carbocycles. The van der Waals surface area contributed by atoms with Gasteiger partial charge in [0.1, 0.15) is 11.9 Å². The van der Waals surface area contributed by atoms with Crippen molar-refractivity contribution < 1.29 is 14.7 Å². The molecule has 6 nitrogen and oxygen atoms in total. The van der Waals surface area contributed by atoms with Crippen molar-refractivity contribution in [3.63, 3.8) is 0 Å². The minimum absolute atomic E-state index is 0.184. The van der Waals surface area contributed by atoms with Crippen LogP contribution in [0, 0.1) is 30.1 Å². The zero-order valence-electron chi connectivity index (χ0n) is 23.3. The second kappa shape index (κ2) is 9.90. The van der Waals surface area contributed by atoms with E-state index in [9.17, 15) is 14.7 Å². The summed E-state index contributed by atoms with van der Waals surface area (Å²) in [5.74, 6) is 1.99. The van der Waals surface area contributed by atoms with E-state index in [1.807, 2.05) is 67.6 Å². The summed E-state index contributed by atoms with van der Waals surface area (Å²) in [6.45, 7) is 3.17. The summed E-state index contributed by atoms with van der Waals surface area (Å²) in [7, 11) is 0. The van der Waals surface area contributed by atoms with Crippen molar-refractivity contribution in [1.82, 2.24) is 14.5 Å². The van der Waals surface area contributed by atoms with Gasteiger partial charge in [-0.3, -0.25) is 4.79 Å². The molecule has 5 aliphatic rings. The zero-order valence-corrected chi connectivity index (χ0v) is 23.3. The molecule has 1 amide bonds. The molecular weight excluding hydrogens is 498 g/mol. The first kappa shape index (κ1) is 25.6. The van der Waals surface area contributed by atoms with Gasteiger partial charge in [0.05, 0.1) is 18.2 Å². The Morgan fingerprint density at radius 2 is 1.48 bits per heavy atom. The molecule has 8 rings (SSSR count). The molecule has 208 valence electrons. The van der Waals surface area contributed by atoms with Crippen molar-refractivity contribution in [3.05, 3.63) is 89.0 Å². The van der Waals surface area contributed by atoms with Crippen molar-refractivity contribution in [1.29, 1.82) is 0 Å². The molecule has 6 heteroatoms. The van der Waals surface area contributed by atoms with Gasteiger partial charge in [0.15, 0.2) is 0 Å². The van der Waals surface area contributed by atoms with Crippen LogP contribution in [0.4, 0.5) is 0 Å². The zero-order chi connectivity index (χ0) is 27.4. The van der Waals surface area contributed by atoms with E-state index < -0.39 is 17.9 Å². The number of hydrogen-bond acceptors (Lipinski definition) is 3. The first-order valence-electron chi connectivity index (χ1n) is 15.1. The van der Waals surface area contributed by atoms with Gasteiger partial charge in [0, 0.05) is 18.7 Å². The average Bonchev–Trinajstić information content (AvgIpc) is 3.25. The maximum absolute atomic E-state index is 14.2. The Balaban J connectivity index is 1.17. The van der Waals surface area contributed by atoms with E-state index in [-0.39, 0.29) is 12.5 Å². The van der Waals surface area contributed by atoms with Crippen LogP contribution in [0.15, 0.2) is 60.7 Å². The third-order valence-corrected chi connectivity index (χ3v) is 10.5. The number of aliphatic carboxylic acids is 1. The molecule has 1 aliphatic heterocycles.